The molecule has 0 saturated carbocycles. The van der Waals surface area contributed by atoms with Gasteiger partial charge in [-0.3, -0.25) is 4.98 Å². The third-order valence-corrected chi connectivity index (χ3v) is 5.40. The van der Waals surface area contributed by atoms with Gasteiger partial charge >= 0.3 is 0 Å². The van der Waals surface area contributed by atoms with Crippen molar-refractivity contribution in [2.45, 2.75) is 23.9 Å². The SMILES string of the molecule is O=S1(=O)CCC(NCc2cccnc2)c2ccccc21. The zero-order valence-corrected chi connectivity index (χ0v) is 11.8. The van der Waals surface area contributed by atoms with Gasteiger partial charge in [0, 0.05) is 25.0 Å². The molecule has 1 aliphatic heterocycles. The number of pyridine rings is 1. The summed E-state index contributed by atoms with van der Waals surface area (Å²) >= 11 is 0. The highest BCUT2D eigenvalue weighted by Crippen LogP contribution is 2.31. The van der Waals surface area contributed by atoms with E-state index in [2.05, 4.69) is 10.3 Å². The molecule has 1 atom stereocenters. The maximum atomic E-state index is 12.1. The highest BCUT2D eigenvalue weighted by molar-refractivity contribution is 7.91. The predicted octanol–water partition coefficient (Wildman–Crippen LogP) is 2.09. The number of benzene rings is 1. The summed E-state index contributed by atoms with van der Waals surface area (Å²) in [5, 5.41) is 3.43. The maximum Gasteiger partial charge on any atom is 0.178 e. The van der Waals surface area contributed by atoms with Crippen molar-refractivity contribution >= 4 is 9.84 Å². The molecule has 2 heterocycles. The number of hydrogen-bond acceptors (Lipinski definition) is 4. The fourth-order valence-corrected chi connectivity index (χ4v) is 4.17. The third-order valence-electron chi connectivity index (χ3n) is 3.58. The number of sulfone groups is 1. The minimum Gasteiger partial charge on any atom is -0.306 e. The predicted molar refractivity (Wildman–Crippen MR) is 76.9 cm³/mol. The van der Waals surface area contributed by atoms with E-state index in [4.69, 9.17) is 0 Å². The Kier molecular flexibility index (Phi) is 3.54. The van der Waals surface area contributed by atoms with E-state index >= 15 is 0 Å². The van der Waals surface area contributed by atoms with Crippen LogP contribution in [0.5, 0.6) is 0 Å². The van der Waals surface area contributed by atoms with Crippen LogP contribution in [0.25, 0.3) is 0 Å². The van der Waals surface area contributed by atoms with Gasteiger partial charge in [-0.15, -0.1) is 0 Å². The van der Waals surface area contributed by atoms with E-state index in [1.165, 1.54) is 0 Å². The molecule has 5 heteroatoms. The molecule has 2 aromatic rings. The van der Waals surface area contributed by atoms with Crippen LogP contribution in [-0.4, -0.2) is 19.2 Å². The van der Waals surface area contributed by atoms with Crippen molar-refractivity contribution < 1.29 is 8.42 Å². The van der Waals surface area contributed by atoms with E-state index in [0.717, 1.165) is 11.1 Å². The van der Waals surface area contributed by atoms with Crippen LogP contribution in [0.15, 0.2) is 53.7 Å². The van der Waals surface area contributed by atoms with Gasteiger partial charge in [0.2, 0.25) is 0 Å². The van der Waals surface area contributed by atoms with Crippen LogP contribution in [-0.2, 0) is 16.4 Å². The van der Waals surface area contributed by atoms with Crippen molar-refractivity contribution in [3.63, 3.8) is 0 Å². The molecule has 0 bridgehead atoms. The Labute approximate surface area is 118 Å². The molecule has 3 rings (SSSR count). The van der Waals surface area contributed by atoms with Crippen molar-refractivity contribution in [1.82, 2.24) is 10.3 Å². The Morgan fingerprint density at radius 3 is 2.85 bits per heavy atom. The van der Waals surface area contributed by atoms with Gasteiger partial charge < -0.3 is 5.32 Å². The fraction of sp³-hybridized carbons (Fsp3) is 0.267. The third kappa shape index (κ3) is 2.59. The van der Waals surface area contributed by atoms with Crippen molar-refractivity contribution in [2.75, 3.05) is 5.75 Å². The first-order valence-corrected chi connectivity index (χ1v) is 8.26. The zero-order valence-electron chi connectivity index (χ0n) is 11.0. The molecule has 0 aliphatic carbocycles. The molecule has 4 nitrogen and oxygen atoms in total. The molecular formula is C15H16N2O2S. The van der Waals surface area contributed by atoms with Gasteiger partial charge in [0.05, 0.1) is 10.6 Å². The molecule has 1 unspecified atom stereocenters. The lowest BCUT2D eigenvalue weighted by Crippen LogP contribution is -2.29. The minimum atomic E-state index is -3.11. The summed E-state index contributed by atoms with van der Waals surface area (Å²) < 4.78 is 24.1. The average Bonchev–Trinajstić information content (AvgIpc) is 2.48. The minimum absolute atomic E-state index is 0.0786. The monoisotopic (exact) mass is 288 g/mol. The van der Waals surface area contributed by atoms with Crippen LogP contribution in [0.4, 0.5) is 0 Å². The first-order chi connectivity index (χ1) is 9.67. The van der Waals surface area contributed by atoms with Gasteiger partial charge in [-0.1, -0.05) is 24.3 Å². The standard InChI is InChI=1S/C15H16N2O2S/c18-20(19)9-7-14(13-5-1-2-6-15(13)20)17-11-12-4-3-8-16-10-12/h1-6,8,10,14,17H,7,9,11H2. The molecule has 0 radical (unpaired) electrons. The topological polar surface area (TPSA) is 59.1 Å². The lowest BCUT2D eigenvalue weighted by Gasteiger charge is -2.26. The normalized spacial score (nSPS) is 20.3. The van der Waals surface area contributed by atoms with Gasteiger partial charge in [-0.25, -0.2) is 8.42 Å². The molecule has 1 aromatic heterocycles. The van der Waals surface area contributed by atoms with E-state index in [1.54, 1.807) is 18.3 Å². The first kappa shape index (κ1) is 13.3. The van der Waals surface area contributed by atoms with Crippen LogP contribution in [0, 0.1) is 0 Å². The highest BCUT2D eigenvalue weighted by atomic mass is 32.2. The summed E-state index contributed by atoms with van der Waals surface area (Å²) in [5.41, 5.74) is 1.97. The van der Waals surface area contributed by atoms with Gasteiger partial charge in [0.15, 0.2) is 9.84 Å². The second-order valence-corrected chi connectivity index (χ2v) is 7.02. The molecule has 0 fully saturated rings. The molecule has 0 saturated heterocycles. The van der Waals surface area contributed by atoms with E-state index < -0.39 is 9.84 Å². The van der Waals surface area contributed by atoms with Gasteiger partial charge in [0.1, 0.15) is 0 Å². The van der Waals surface area contributed by atoms with Crippen molar-refractivity contribution in [2.24, 2.45) is 0 Å². The molecule has 1 aromatic carbocycles. The molecule has 0 spiro atoms. The summed E-state index contributed by atoms with van der Waals surface area (Å²) in [6, 6.07) is 11.2. The lowest BCUT2D eigenvalue weighted by atomic mass is 10.0. The lowest BCUT2D eigenvalue weighted by molar-refractivity contribution is 0.491. The Balaban J connectivity index is 1.82. The van der Waals surface area contributed by atoms with Gasteiger partial charge in [-0.2, -0.15) is 0 Å². The summed E-state index contributed by atoms with van der Waals surface area (Å²) in [6.07, 6.45) is 4.17. The maximum absolute atomic E-state index is 12.1. The molecule has 0 amide bonds. The highest BCUT2D eigenvalue weighted by Gasteiger charge is 2.29. The fourth-order valence-electron chi connectivity index (χ4n) is 2.55. The number of rotatable bonds is 3. The Bertz CT molecular complexity index is 699. The van der Waals surface area contributed by atoms with Crippen molar-refractivity contribution in [3.05, 3.63) is 59.9 Å². The second-order valence-electron chi connectivity index (χ2n) is 4.94. The summed E-state index contributed by atoms with van der Waals surface area (Å²) in [7, 11) is -3.11. The van der Waals surface area contributed by atoms with Crippen molar-refractivity contribution in [3.8, 4) is 0 Å². The second kappa shape index (κ2) is 5.34. The largest absolute Gasteiger partial charge is 0.306 e. The summed E-state index contributed by atoms with van der Waals surface area (Å²) in [5.74, 6) is 0.203. The summed E-state index contributed by atoms with van der Waals surface area (Å²) in [4.78, 5) is 4.55. The number of nitrogens with one attached hydrogen (secondary N) is 1. The van der Waals surface area contributed by atoms with Crippen LogP contribution in [0.2, 0.25) is 0 Å². The molecule has 104 valence electrons. The molecule has 1 aliphatic rings. The van der Waals surface area contributed by atoms with Crippen molar-refractivity contribution in [1.29, 1.82) is 0 Å². The Morgan fingerprint density at radius 2 is 2.05 bits per heavy atom. The van der Waals surface area contributed by atoms with Crippen LogP contribution < -0.4 is 5.32 Å². The quantitative estimate of drug-likeness (QED) is 0.939. The van der Waals surface area contributed by atoms with E-state index in [1.807, 2.05) is 30.5 Å². The molecule has 1 N–H and O–H groups in total. The Hall–Kier alpha value is -1.72. The van der Waals surface area contributed by atoms with Gasteiger partial charge in [0.25, 0.3) is 0 Å². The van der Waals surface area contributed by atoms with Crippen LogP contribution in [0.1, 0.15) is 23.6 Å². The summed E-state index contributed by atoms with van der Waals surface area (Å²) in [6.45, 7) is 0.687. The molecular weight excluding hydrogens is 272 g/mol. The van der Waals surface area contributed by atoms with E-state index in [9.17, 15) is 8.42 Å². The van der Waals surface area contributed by atoms with E-state index in [0.29, 0.717) is 17.9 Å². The number of fused-ring (bicyclic) bond motifs is 1. The number of nitrogens with zero attached hydrogens (tertiary/aromatic N) is 1. The average molecular weight is 288 g/mol. The van der Waals surface area contributed by atoms with Gasteiger partial charge in [-0.05, 0) is 29.7 Å². The van der Waals surface area contributed by atoms with Crippen LogP contribution in [0.3, 0.4) is 0 Å². The smallest absolute Gasteiger partial charge is 0.178 e. The molecule has 20 heavy (non-hydrogen) atoms. The number of aromatic nitrogens is 1. The number of hydrogen-bond donors (Lipinski definition) is 1. The Morgan fingerprint density at radius 1 is 1.20 bits per heavy atom. The van der Waals surface area contributed by atoms with E-state index in [-0.39, 0.29) is 11.8 Å². The zero-order chi connectivity index (χ0) is 14.0. The van der Waals surface area contributed by atoms with Crippen LogP contribution >= 0.6 is 0 Å². The first-order valence-electron chi connectivity index (χ1n) is 6.61.